The van der Waals surface area contributed by atoms with E-state index in [1.807, 2.05) is 19.1 Å². The third-order valence-electron chi connectivity index (χ3n) is 4.19. The summed E-state index contributed by atoms with van der Waals surface area (Å²) in [5.74, 6) is -0.980. The van der Waals surface area contributed by atoms with Crippen LogP contribution in [0.2, 0.25) is 0 Å². The van der Waals surface area contributed by atoms with Crippen molar-refractivity contribution < 1.29 is 23.5 Å². The van der Waals surface area contributed by atoms with E-state index >= 15 is 0 Å². The van der Waals surface area contributed by atoms with Crippen molar-refractivity contribution in [1.82, 2.24) is 10.6 Å². The van der Waals surface area contributed by atoms with Crippen molar-refractivity contribution >= 4 is 28.9 Å². The number of aryl methyl sites for hydroxylation is 1. The van der Waals surface area contributed by atoms with Crippen molar-refractivity contribution in [2.75, 3.05) is 0 Å². The summed E-state index contributed by atoms with van der Waals surface area (Å²) in [6.07, 6.45) is 0.926. The van der Waals surface area contributed by atoms with E-state index in [9.17, 15) is 19.2 Å². The van der Waals surface area contributed by atoms with Gasteiger partial charge in [-0.05, 0) is 24.5 Å². The summed E-state index contributed by atoms with van der Waals surface area (Å²) in [4.78, 5) is 46.1. The number of carbonyl (C=O) groups excluding carboxylic acids is 3. The second-order valence-electron chi connectivity index (χ2n) is 5.99. The number of benzene rings is 1. The van der Waals surface area contributed by atoms with E-state index in [-0.39, 0.29) is 19.4 Å². The molecule has 1 fully saturated rings. The fraction of sp³-hybridized carbons (Fsp3) is 0.333. The van der Waals surface area contributed by atoms with Crippen LogP contribution in [0.1, 0.15) is 30.9 Å². The van der Waals surface area contributed by atoms with Gasteiger partial charge >= 0.3 is 17.6 Å². The summed E-state index contributed by atoms with van der Waals surface area (Å²) in [7, 11) is 0. The molecule has 1 aromatic carbocycles. The number of rotatable bonds is 6. The predicted octanol–water partition coefficient (Wildman–Crippen LogP) is 1.39. The molecule has 1 aromatic heterocycles. The van der Waals surface area contributed by atoms with Gasteiger partial charge < -0.3 is 14.5 Å². The molecule has 136 valence electrons. The van der Waals surface area contributed by atoms with E-state index in [2.05, 4.69) is 10.6 Å². The van der Waals surface area contributed by atoms with E-state index in [0.717, 1.165) is 12.0 Å². The number of ether oxygens (including phenoxy) is 1. The van der Waals surface area contributed by atoms with Gasteiger partial charge in [0, 0.05) is 23.4 Å². The third kappa shape index (κ3) is 3.90. The first-order valence-electron chi connectivity index (χ1n) is 8.29. The first-order valence-corrected chi connectivity index (χ1v) is 8.29. The lowest BCUT2D eigenvalue weighted by Gasteiger charge is -2.09. The van der Waals surface area contributed by atoms with Crippen LogP contribution in [-0.4, -0.2) is 23.9 Å². The van der Waals surface area contributed by atoms with Gasteiger partial charge in [0.05, 0.1) is 0 Å². The Morgan fingerprint density at radius 3 is 2.73 bits per heavy atom. The predicted molar refractivity (Wildman–Crippen MR) is 91.4 cm³/mol. The SMILES string of the molecule is CCc1ccc2c(COC(=O)CC[C@H]3NC(=O)NC3=O)cc(=O)oc2c1. The highest BCUT2D eigenvalue weighted by Gasteiger charge is 2.29. The quantitative estimate of drug-likeness (QED) is 0.458. The second-order valence-corrected chi connectivity index (χ2v) is 5.99. The fourth-order valence-electron chi connectivity index (χ4n) is 2.77. The largest absolute Gasteiger partial charge is 0.461 e. The topological polar surface area (TPSA) is 115 Å². The average molecular weight is 358 g/mol. The Morgan fingerprint density at radius 1 is 1.23 bits per heavy atom. The molecule has 1 atom stereocenters. The summed E-state index contributed by atoms with van der Waals surface area (Å²) in [5, 5.41) is 5.22. The smallest absolute Gasteiger partial charge is 0.336 e. The zero-order valence-electron chi connectivity index (χ0n) is 14.2. The van der Waals surface area contributed by atoms with Crippen LogP contribution in [0.5, 0.6) is 0 Å². The number of fused-ring (bicyclic) bond motifs is 1. The molecule has 3 amide bonds. The Balaban J connectivity index is 1.64. The second kappa shape index (κ2) is 7.38. The highest BCUT2D eigenvalue weighted by Crippen LogP contribution is 2.20. The summed E-state index contributed by atoms with van der Waals surface area (Å²) in [5.41, 5.74) is 1.53. The van der Waals surface area contributed by atoms with Crippen molar-refractivity contribution in [3.05, 3.63) is 45.8 Å². The molecule has 8 heteroatoms. The van der Waals surface area contributed by atoms with Crippen LogP contribution >= 0.6 is 0 Å². The van der Waals surface area contributed by atoms with Crippen LogP contribution in [-0.2, 0) is 27.4 Å². The third-order valence-corrected chi connectivity index (χ3v) is 4.19. The minimum Gasteiger partial charge on any atom is -0.461 e. The standard InChI is InChI=1S/C18H18N2O6/c1-2-10-3-4-12-11(8-16(22)26-14(12)7-10)9-25-15(21)6-5-13-17(23)20-18(24)19-13/h3-4,7-8,13H,2,5-6,9H2,1H3,(H2,19,20,23,24)/t13-/m1/s1. The zero-order valence-corrected chi connectivity index (χ0v) is 14.2. The lowest BCUT2D eigenvalue weighted by atomic mass is 10.1. The molecule has 0 aliphatic carbocycles. The lowest BCUT2D eigenvalue weighted by molar-refractivity contribution is -0.145. The normalized spacial score (nSPS) is 16.4. The number of carbonyl (C=O) groups is 3. The molecule has 2 heterocycles. The van der Waals surface area contributed by atoms with Crippen LogP contribution in [0.25, 0.3) is 11.0 Å². The molecule has 0 bridgehead atoms. The molecule has 3 rings (SSSR count). The summed E-state index contributed by atoms with van der Waals surface area (Å²) in [6, 6.07) is 5.55. The number of hydrogen-bond acceptors (Lipinski definition) is 6. The van der Waals surface area contributed by atoms with Gasteiger partial charge in [0.15, 0.2) is 0 Å². The molecule has 2 aromatic rings. The van der Waals surface area contributed by atoms with Gasteiger partial charge in [-0.2, -0.15) is 0 Å². The number of imide groups is 1. The minimum absolute atomic E-state index is 0.0300. The van der Waals surface area contributed by atoms with Crippen LogP contribution in [0, 0.1) is 0 Å². The van der Waals surface area contributed by atoms with E-state index in [1.165, 1.54) is 6.07 Å². The van der Waals surface area contributed by atoms with Gasteiger partial charge in [-0.3, -0.25) is 14.9 Å². The molecule has 0 spiro atoms. The van der Waals surface area contributed by atoms with Crippen molar-refractivity contribution in [3.63, 3.8) is 0 Å². The summed E-state index contributed by atoms with van der Waals surface area (Å²) < 4.78 is 10.4. The molecule has 2 N–H and O–H groups in total. The summed E-state index contributed by atoms with van der Waals surface area (Å²) >= 11 is 0. The number of hydrogen-bond donors (Lipinski definition) is 2. The molecular formula is C18H18N2O6. The number of urea groups is 1. The Bertz CT molecular complexity index is 933. The van der Waals surface area contributed by atoms with Gasteiger partial charge in [-0.15, -0.1) is 0 Å². The molecule has 0 saturated carbocycles. The lowest BCUT2D eigenvalue weighted by Crippen LogP contribution is -2.29. The molecular weight excluding hydrogens is 340 g/mol. The minimum atomic E-state index is -0.730. The molecule has 0 unspecified atom stereocenters. The molecule has 26 heavy (non-hydrogen) atoms. The van der Waals surface area contributed by atoms with Gasteiger partial charge in [-0.1, -0.05) is 19.1 Å². The maximum atomic E-state index is 11.9. The Hall–Kier alpha value is -3.16. The highest BCUT2D eigenvalue weighted by molar-refractivity contribution is 6.04. The van der Waals surface area contributed by atoms with Crippen molar-refractivity contribution in [2.24, 2.45) is 0 Å². The van der Waals surface area contributed by atoms with Gasteiger partial charge in [-0.25, -0.2) is 9.59 Å². The van der Waals surface area contributed by atoms with Gasteiger partial charge in [0.2, 0.25) is 0 Å². The molecule has 8 nitrogen and oxygen atoms in total. The van der Waals surface area contributed by atoms with Crippen molar-refractivity contribution in [3.8, 4) is 0 Å². The Kier molecular flexibility index (Phi) is 5.01. The maximum Gasteiger partial charge on any atom is 0.336 e. The first kappa shape index (κ1) is 17.7. The zero-order chi connectivity index (χ0) is 18.7. The van der Waals surface area contributed by atoms with Crippen molar-refractivity contribution in [2.45, 2.75) is 38.8 Å². The van der Waals surface area contributed by atoms with Crippen LogP contribution in [0.4, 0.5) is 4.79 Å². The number of amides is 3. The van der Waals surface area contributed by atoms with Crippen LogP contribution in [0.3, 0.4) is 0 Å². The Labute approximate surface area is 148 Å². The van der Waals surface area contributed by atoms with Crippen LogP contribution < -0.4 is 16.3 Å². The molecule has 1 aliphatic rings. The maximum absolute atomic E-state index is 11.9. The van der Waals surface area contributed by atoms with Gasteiger partial charge in [0.25, 0.3) is 5.91 Å². The fourth-order valence-corrected chi connectivity index (χ4v) is 2.77. The molecule has 0 radical (unpaired) electrons. The molecule has 1 aliphatic heterocycles. The summed E-state index contributed by atoms with van der Waals surface area (Å²) in [6.45, 7) is 1.92. The Morgan fingerprint density at radius 2 is 2.04 bits per heavy atom. The monoisotopic (exact) mass is 358 g/mol. The first-order chi connectivity index (χ1) is 12.5. The van der Waals surface area contributed by atoms with E-state index in [1.54, 1.807) is 6.07 Å². The number of nitrogens with one attached hydrogen (secondary N) is 2. The van der Waals surface area contributed by atoms with Crippen LogP contribution in [0.15, 0.2) is 33.5 Å². The molecule has 1 saturated heterocycles. The van der Waals surface area contributed by atoms with Crippen molar-refractivity contribution in [1.29, 1.82) is 0 Å². The average Bonchev–Trinajstić information content (AvgIpc) is 2.94. The van der Waals surface area contributed by atoms with E-state index < -0.39 is 29.6 Å². The highest BCUT2D eigenvalue weighted by atomic mass is 16.5. The van der Waals surface area contributed by atoms with E-state index in [0.29, 0.717) is 16.5 Å². The number of esters is 1. The van der Waals surface area contributed by atoms with E-state index in [4.69, 9.17) is 9.15 Å². The van der Waals surface area contributed by atoms with Gasteiger partial charge in [0.1, 0.15) is 18.2 Å².